The van der Waals surface area contributed by atoms with Gasteiger partial charge in [0.15, 0.2) is 6.29 Å². The van der Waals surface area contributed by atoms with Gasteiger partial charge in [-0.2, -0.15) is 0 Å². The molecule has 0 fully saturated rings. The summed E-state index contributed by atoms with van der Waals surface area (Å²) < 4.78 is 5.60. The van der Waals surface area contributed by atoms with E-state index in [4.69, 9.17) is 21.4 Å². The fourth-order valence-corrected chi connectivity index (χ4v) is 2.26. The molecule has 1 amide bonds. The van der Waals surface area contributed by atoms with Gasteiger partial charge in [-0.1, -0.05) is 35.9 Å². The summed E-state index contributed by atoms with van der Waals surface area (Å²) in [4.78, 5) is 21.9. The number of para-hydroxylation sites is 1. The van der Waals surface area contributed by atoms with Crippen LogP contribution in [0.2, 0.25) is 5.02 Å². The highest BCUT2D eigenvalue weighted by Crippen LogP contribution is 2.17. The number of nitrogens with one attached hydrogen (secondary N) is 1. The van der Waals surface area contributed by atoms with Crippen LogP contribution >= 0.6 is 11.6 Å². The van der Waals surface area contributed by atoms with E-state index in [9.17, 15) is 9.59 Å². The Balaban J connectivity index is 2.04. The van der Waals surface area contributed by atoms with Crippen molar-refractivity contribution in [2.24, 2.45) is 0 Å². The van der Waals surface area contributed by atoms with Crippen LogP contribution in [0.5, 0.6) is 5.75 Å². The van der Waals surface area contributed by atoms with Crippen molar-refractivity contribution in [2.45, 2.75) is 12.5 Å². The summed E-state index contributed by atoms with van der Waals surface area (Å²) in [6.07, 6.45) is 0.0252. The smallest absolute Gasteiger partial charge is 0.405 e. The van der Waals surface area contributed by atoms with E-state index in [1.165, 1.54) is 0 Å². The molecule has 2 aromatic rings. The number of aldehydes is 1. The van der Waals surface area contributed by atoms with E-state index < -0.39 is 12.1 Å². The van der Waals surface area contributed by atoms with Crippen molar-refractivity contribution < 1.29 is 19.4 Å². The lowest BCUT2D eigenvalue weighted by molar-refractivity contribution is 0.111. The Morgan fingerprint density at radius 3 is 2.57 bits per heavy atom. The number of hydrogen-bond donors (Lipinski definition) is 2. The predicted octanol–water partition coefficient (Wildman–Crippen LogP) is 3.41. The van der Waals surface area contributed by atoms with Crippen LogP contribution in [0.4, 0.5) is 4.79 Å². The average molecular weight is 334 g/mol. The lowest BCUT2D eigenvalue weighted by Gasteiger charge is -2.18. The first-order chi connectivity index (χ1) is 11.1. The zero-order valence-electron chi connectivity index (χ0n) is 12.2. The maximum absolute atomic E-state index is 11.0. The SMILES string of the molecule is O=Cc1ccccc1OCC(Cc1ccc(Cl)cc1)NC(=O)O. The summed E-state index contributed by atoms with van der Waals surface area (Å²) in [6.45, 7) is 0.111. The Morgan fingerprint density at radius 1 is 1.22 bits per heavy atom. The third-order valence-electron chi connectivity index (χ3n) is 3.21. The molecule has 0 aliphatic rings. The van der Waals surface area contributed by atoms with Gasteiger partial charge in [-0.05, 0) is 36.2 Å². The van der Waals surface area contributed by atoms with Crippen LogP contribution in [-0.2, 0) is 6.42 Å². The zero-order chi connectivity index (χ0) is 16.7. The van der Waals surface area contributed by atoms with Crippen LogP contribution in [-0.4, -0.2) is 30.1 Å². The molecular formula is C17H16ClNO4. The minimum atomic E-state index is -1.13. The van der Waals surface area contributed by atoms with E-state index in [1.54, 1.807) is 36.4 Å². The average Bonchev–Trinajstić information content (AvgIpc) is 2.54. The number of rotatable bonds is 7. The third-order valence-corrected chi connectivity index (χ3v) is 3.46. The standard InChI is InChI=1S/C17H16ClNO4/c18-14-7-5-12(6-8-14)9-15(19-17(21)22)11-23-16-4-2-1-3-13(16)10-20/h1-8,10,15,19H,9,11H2,(H,21,22). The molecule has 120 valence electrons. The van der Waals surface area contributed by atoms with E-state index in [0.717, 1.165) is 5.56 Å². The van der Waals surface area contributed by atoms with E-state index in [-0.39, 0.29) is 6.61 Å². The van der Waals surface area contributed by atoms with Gasteiger partial charge in [0.05, 0.1) is 11.6 Å². The maximum Gasteiger partial charge on any atom is 0.405 e. The van der Waals surface area contributed by atoms with Crippen molar-refractivity contribution in [2.75, 3.05) is 6.61 Å². The number of ether oxygens (including phenoxy) is 1. The first-order valence-corrected chi connectivity index (χ1v) is 7.37. The lowest BCUT2D eigenvalue weighted by Crippen LogP contribution is -2.39. The minimum absolute atomic E-state index is 0.111. The molecule has 2 rings (SSSR count). The molecule has 2 aromatic carbocycles. The van der Waals surface area contributed by atoms with Crippen molar-refractivity contribution in [3.63, 3.8) is 0 Å². The number of carbonyl (C=O) groups is 2. The second kappa shape index (κ2) is 8.19. The van der Waals surface area contributed by atoms with E-state index >= 15 is 0 Å². The minimum Gasteiger partial charge on any atom is -0.491 e. The number of hydrogen-bond acceptors (Lipinski definition) is 3. The fourth-order valence-electron chi connectivity index (χ4n) is 2.13. The van der Waals surface area contributed by atoms with Gasteiger partial charge >= 0.3 is 6.09 Å². The topological polar surface area (TPSA) is 75.6 Å². The molecule has 0 radical (unpaired) electrons. The summed E-state index contributed by atoms with van der Waals surface area (Å²) in [7, 11) is 0. The van der Waals surface area contributed by atoms with Crippen LogP contribution < -0.4 is 10.1 Å². The highest BCUT2D eigenvalue weighted by atomic mass is 35.5. The Morgan fingerprint density at radius 2 is 1.91 bits per heavy atom. The number of amides is 1. The molecule has 0 saturated heterocycles. The lowest BCUT2D eigenvalue weighted by atomic mass is 10.1. The number of benzene rings is 2. The molecule has 0 spiro atoms. The Kier molecular flexibility index (Phi) is 6.00. The van der Waals surface area contributed by atoms with Gasteiger partial charge in [0.25, 0.3) is 0 Å². The largest absolute Gasteiger partial charge is 0.491 e. The van der Waals surface area contributed by atoms with Gasteiger partial charge < -0.3 is 15.2 Å². The Bertz CT molecular complexity index is 673. The van der Waals surface area contributed by atoms with Crippen LogP contribution in [0.1, 0.15) is 15.9 Å². The summed E-state index contributed by atoms with van der Waals surface area (Å²) >= 11 is 5.84. The summed E-state index contributed by atoms with van der Waals surface area (Å²) in [5.41, 5.74) is 1.36. The molecule has 0 bridgehead atoms. The van der Waals surface area contributed by atoms with Gasteiger partial charge in [-0.3, -0.25) is 4.79 Å². The molecule has 5 nitrogen and oxygen atoms in total. The van der Waals surface area contributed by atoms with Gasteiger partial charge in [0.2, 0.25) is 0 Å². The van der Waals surface area contributed by atoms with E-state index in [2.05, 4.69) is 5.32 Å². The van der Waals surface area contributed by atoms with Crippen LogP contribution in [0.15, 0.2) is 48.5 Å². The van der Waals surface area contributed by atoms with Crippen molar-refractivity contribution in [3.05, 3.63) is 64.7 Å². The maximum atomic E-state index is 11.0. The molecule has 1 atom stereocenters. The van der Waals surface area contributed by atoms with Crippen molar-refractivity contribution in [1.82, 2.24) is 5.32 Å². The van der Waals surface area contributed by atoms with Gasteiger partial charge in [0, 0.05) is 5.02 Å². The van der Waals surface area contributed by atoms with Gasteiger partial charge in [0.1, 0.15) is 12.4 Å². The molecule has 0 aliphatic heterocycles. The van der Waals surface area contributed by atoms with Gasteiger partial charge in [-0.25, -0.2) is 4.79 Å². The molecule has 2 N–H and O–H groups in total. The normalized spacial score (nSPS) is 11.5. The van der Waals surface area contributed by atoms with Crippen molar-refractivity contribution in [1.29, 1.82) is 0 Å². The van der Waals surface area contributed by atoms with Gasteiger partial charge in [-0.15, -0.1) is 0 Å². The predicted molar refractivity (Wildman–Crippen MR) is 87.4 cm³/mol. The number of halogens is 1. The highest BCUT2D eigenvalue weighted by Gasteiger charge is 2.14. The summed E-state index contributed by atoms with van der Waals surface area (Å²) in [5.74, 6) is 0.427. The number of carboxylic acid groups (broad SMARTS) is 1. The second-order valence-electron chi connectivity index (χ2n) is 4.94. The quantitative estimate of drug-likeness (QED) is 0.761. The Hall–Kier alpha value is -2.53. The second-order valence-corrected chi connectivity index (χ2v) is 5.38. The first kappa shape index (κ1) is 16.8. The molecular weight excluding hydrogens is 318 g/mol. The molecule has 6 heteroatoms. The van der Waals surface area contributed by atoms with Crippen LogP contribution in [0, 0.1) is 0 Å². The molecule has 23 heavy (non-hydrogen) atoms. The van der Waals surface area contributed by atoms with Crippen LogP contribution in [0.25, 0.3) is 0 Å². The van der Waals surface area contributed by atoms with Crippen LogP contribution in [0.3, 0.4) is 0 Å². The summed E-state index contributed by atoms with van der Waals surface area (Å²) in [6, 6.07) is 13.5. The third kappa shape index (κ3) is 5.30. The molecule has 1 unspecified atom stereocenters. The number of carbonyl (C=O) groups excluding carboxylic acids is 1. The van der Waals surface area contributed by atoms with Crippen molar-refractivity contribution >= 4 is 24.0 Å². The van der Waals surface area contributed by atoms with E-state index in [0.29, 0.717) is 29.0 Å². The summed E-state index contributed by atoms with van der Waals surface area (Å²) in [5, 5.41) is 12.0. The zero-order valence-corrected chi connectivity index (χ0v) is 13.0. The van der Waals surface area contributed by atoms with Crippen molar-refractivity contribution in [3.8, 4) is 5.75 Å². The van der Waals surface area contributed by atoms with E-state index in [1.807, 2.05) is 12.1 Å². The molecule has 0 aliphatic carbocycles. The molecule has 0 saturated carbocycles. The first-order valence-electron chi connectivity index (χ1n) is 6.99. The monoisotopic (exact) mass is 333 g/mol. The fraction of sp³-hybridized carbons (Fsp3) is 0.176. The molecule has 0 heterocycles. The molecule has 0 aromatic heterocycles. The highest BCUT2D eigenvalue weighted by molar-refractivity contribution is 6.30. The Labute approximate surface area is 138 Å².